The molecule has 0 aliphatic heterocycles. The van der Waals surface area contributed by atoms with Crippen LogP contribution in [0.15, 0.2) is 22.7 Å². The van der Waals surface area contributed by atoms with Crippen LogP contribution in [0.3, 0.4) is 0 Å². The molecule has 0 fully saturated rings. The largest absolute Gasteiger partial charge is 0.462 e. The third-order valence-electron chi connectivity index (χ3n) is 2.41. The molecule has 0 heterocycles. The summed E-state index contributed by atoms with van der Waals surface area (Å²) in [7, 11) is 0. The Kier molecular flexibility index (Phi) is 5.11. The number of esters is 1. The van der Waals surface area contributed by atoms with Crippen molar-refractivity contribution in [3.8, 4) is 0 Å². The van der Waals surface area contributed by atoms with E-state index in [-0.39, 0.29) is 5.91 Å². The van der Waals surface area contributed by atoms with Crippen molar-refractivity contribution in [2.45, 2.75) is 27.7 Å². The molecule has 1 N–H and O–H groups in total. The predicted molar refractivity (Wildman–Crippen MR) is 78.2 cm³/mol. The molecule has 19 heavy (non-hydrogen) atoms. The summed E-state index contributed by atoms with van der Waals surface area (Å²) in [5.41, 5.74) is 0.471. The third kappa shape index (κ3) is 4.35. The number of anilines is 1. The Balaban J connectivity index is 2.98. The maximum absolute atomic E-state index is 11.9. The molecule has 0 atom stereocenters. The first-order valence-corrected chi connectivity index (χ1v) is 6.83. The van der Waals surface area contributed by atoms with E-state index in [0.717, 1.165) is 4.47 Å². The van der Waals surface area contributed by atoms with Gasteiger partial charge in [-0.15, -0.1) is 0 Å². The van der Waals surface area contributed by atoms with Gasteiger partial charge in [0.05, 0.1) is 17.9 Å². The van der Waals surface area contributed by atoms with E-state index in [1.807, 2.05) is 20.8 Å². The highest BCUT2D eigenvalue weighted by molar-refractivity contribution is 9.10. The van der Waals surface area contributed by atoms with Crippen molar-refractivity contribution in [1.29, 1.82) is 0 Å². The molecule has 1 amide bonds. The summed E-state index contributed by atoms with van der Waals surface area (Å²) in [4.78, 5) is 23.6. The Morgan fingerprint density at radius 2 is 1.95 bits per heavy atom. The van der Waals surface area contributed by atoms with E-state index >= 15 is 0 Å². The van der Waals surface area contributed by atoms with Crippen molar-refractivity contribution in [2.75, 3.05) is 11.9 Å². The first-order valence-electron chi connectivity index (χ1n) is 6.04. The number of carbonyl (C=O) groups is 2. The molecule has 0 unspecified atom stereocenters. The first-order chi connectivity index (χ1) is 8.75. The molecule has 1 aromatic carbocycles. The minimum Gasteiger partial charge on any atom is -0.462 e. The van der Waals surface area contributed by atoms with Crippen molar-refractivity contribution in [3.05, 3.63) is 28.2 Å². The van der Waals surface area contributed by atoms with Gasteiger partial charge in [-0.25, -0.2) is 4.79 Å². The van der Waals surface area contributed by atoms with Crippen LogP contribution < -0.4 is 5.32 Å². The van der Waals surface area contributed by atoms with Gasteiger partial charge >= 0.3 is 5.97 Å². The van der Waals surface area contributed by atoms with E-state index in [1.54, 1.807) is 25.1 Å². The zero-order valence-electron chi connectivity index (χ0n) is 11.5. The van der Waals surface area contributed by atoms with Gasteiger partial charge in [-0.2, -0.15) is 0 Å². The number of ether oxygens (including phenoxy) is 1. The van der Waals surface area contributed by atoms with Gasteiger partial charge in [0.1, 0.15) is 0 Å². The molecular formula is C14H18BrNO3. The average Bonchev–Trinajstić information content (AvgIpc) is 2.30. The van der Waals surface area contributed by atoms with Crippen molar-refractivity contribution >= 4 is 33.5 Å². The zero-order valence-corrected chi connectivity index (χ0v) is 13.1. The van der Waals surface area contributed by atoms with Crippen LogP contribution in [-0.2, 0) is 9.53 Å². The number of hydrogen-bond acceptors (Lipinski definition) is 3. The van der Waals surface area contributed by atoms with E-state index < -0.39 is 11.4 Å². The van der Waals surface area contributed by atoms with Gasteiger partial charge in [0.25, 0.3) is 0 Å². The van der Waals surface area contributed by atoms with Gasteiger partial charge < -0.3 is 10.1 Å². The lowest BCUT2D eigenvalue weighted by molar-refractivity contribution is -0.123. The summed E-state index contributed by atoms with van der Waals surface area (Å²) in [5.74, 6) is -0.518. The smallest absolute Gasteiger partial charge is 0.338 e. The van der Waals surface area contributed by atoms with Gasteiger partial charge in [-0.3, -0.25) is 4.79 Å². The number of halogens is 1. The van der Waals surface area contributed by atoms with E-state index in [2.05, 4.69) is 21.2 Å². The number of hydrogen-bond donors (Lipinski definition) is 1. The molecule has 0 saturated carbocycles. The normalized spacial score (nSPS) is 11.0. The minimum absolute atomic E-state index is 0.116. The summed E-state index contributed by atoms with van der Waals surface area (Å²) < 4.78 is 5.65. The number of benzene rings is 1. The minimum atomic E-state index is -0.501. The lowest BCUT2D eigenvalue weighted by atomic mass is 9.95. The summed E-state index contributed by atoms with van der Waals surface area (Å²) in [6.45, 7) is 7.54. The van der Waals surface area contributed by atoms with Crippen LogP contribution in [0, 0.1) is 5.41 Å². The maximum atomic E-state index is 11.9. The standard InChI is InChI=1S/C14H18BrNO3/c1-5-19-12(17)9-6-7-10(15)11(8-9)16-13(18)14(2,3)4/h6-8H,5H2,1-4H3,(H,16,18). The lowest BCUT2D eigenvalue weighted by Crippen LogP contribution is -2.27. The van der Waals surface area contributed by atoms with Crippen LogP contribution in [0.5, 0.6) is 0 Å². The molecule has 5 heteroatoms. The molecule has 0 bridgehead atoms. The second-order valence-electron chi connectivity index (χ2n) is 5.12. The fourth-order valence-electron chi connectivity index (χ4n) is 1.27. The predicted octanol–water partition coefficient (Wildman–Crippen LogP) is 3.61. The quantitative estimate of drug-likeness (QED) is 0.863. The number of carbonyl (C=O) groups excluding carboxylic acids is 2. The zero-order chi connectivity index (χ0) is 14.6. The second-order valence-corrected chi connectivity index (χ2v) is 5.97. The molecule has 0 aliphatic carbocycles. The fraction of sp³-hybridized carbons (Fsp3) is 0.429. The van der Waals surface area contributed by atoms with Gasteiger partial charge in [-0.05, 0) is 41.1 Å². The van der Waals surface area contributed by atoms with Crippen molar-refractivity contribution in [1.82, 2.24) is 0 Å². The topological polar surface area (TPSA) is 55.4 Å². The van der Waals surface area contributed by atoms with Crippen LogP contribution in [0.2, 0.25) is 0 Å². The monoisotopic (exact) mass is 327 g/mol. The Bertz CT molecular complexity index is 492. The summed E-state index contributed by atoms with van der Waals surface area (Å²) in [5, 5.41) is 2.79. The molecule has 104 valence electrons. The van der Waals surface area contributed by atoms with Crippen LogP contribution in [-0.4, -0.2) is 18.5 Å². The Morgan fingerprint density at radius 1 is 1.32 bits per heavy atom. The molecule has 0 radical (unpaired) electrons. The highest BCUT2D eigenvalue weighted by Crippen LogP contribution is 2.26. The first kappa shape index (κ1) is 15.7. The van der Waals surface area contributed by atoms with Crippen LogP contribution in [0.1, 0.15) is 38.1 Å². The van der Waals surface area contributed by atoms with E-state index in [9.17, 15) is 9.59 Å². The van der Waals surface area contributed by atoms with Crippen molar-refractivity contribution < 1.29 is 14.3 Å². The van der Waals surface area contributed by atoms with Crippen molar-refractivity contribution in [3.63, 3.8) is 0 Å². The maximum Gasteiger partial charge on any atom is 0.338 e. The summed E-state index contributed by atoms with van der Waals surface area (Å²) >= 11 is 3.35. The summed E-state index contributed by atoms with van der Waals surface area (Å²) in [6.07, 6.45) is 0. The van der Waals surface area contributed by atoms with Crippen molar-refractivity contribution in [2.24, 2.45) is 5.41 Å². The second kappa shape index (κ2) is 6.19. The average molecular weight is 328 g/mol. The van der Waals surface area contributed by atoms with Gasteiger partial charge in [-0.1, -0.05) is 20.8 Å². The lowest BCUT2D eigenvalue weighted by Gasteiger charge is -2.18. The highest BCUT2D eigenvalue weighted by atomic mass is 79.9. The SMILES string of the molecule is CCOC(=O)c1ccc(Br)c(NC(=O)C(C)(C)C)c1. The summed E-state index contributed by atoms with van der Waals surface area (Å²) in [6, 6.07) is 4.96. The Hall–Kier alpha value is -1.36. The molecule has 0 aromatic heterocycles. The van der Waals surface area contributed by atoms with E-state index in [4.69, 9.17) is 4.74 Å². The van der Waals surface area contributed by atoms with E-state index in [0.29, 0.717) is 17.9 Å². The van der Waals surface area contributed by atoms with E-state index in [1.165, 1.54) is 0 Å². The van der Waals surface area contributed by atoms with Gasteiger partial charge in [0.2, 0.25) is 5.91 Å². The van der Waals surface area contributed by atoms with Crippen LogP contribution >= 0.6 is 15.9 Å². The molecule has 1 rings (SSSR count). The van der Waals surface area contributed by atoms with Gasteiger partial charge in [0.15, 0.2) is 0 Å². The van der Waals surface area contributed by atoms with Crippen LogP contribution in [0.25, 0.3) is 0 Å². The number of rotatable bonds is 3. The molecule has 4 nitrogen and oxygen atoms in total. The van der Waals surface area contributed by atoms with Gasteiger partial charge in [0, 0.05) is 9.89 Å². The number of nitrogens with one attached hydrogen (secondary N) is 1. The molecular weight excluding hydrogens is 310 g/mol. The highest BCUT2D eigenvalue weighted by Gasteiger charge is 2.22. The molecule has 1 aromatic rings. The Labute approximate surface area is 121 Å². The molecule has 0 saturated heterocycles. The molecule has 0 aliphatic rings. The van der Waals surface area contributed by atoms with Crippen LogP contribution in [0.4, 0.5) is 5.69 Å². The fourth-order valence-corrected chi connectivity index (χ4v) is 1.62. The number of amides is 1. The third-order valence-corrected chi connectivity index (χ3v) is 3.10. The Morgan fingerprint density at radius 3 is 2.47 bits per heavy atom. The molecule has 0 spiro atoms.